The number of hydrogen-bond acceptors (Lipinski definition) is 3. The van der Waals surface area contributed by atoms with E-state index in [0.717, 1.165) is 44.5 Å². The Morgan fingerprint density at radius 2 is 2.37 bits per heavy atom. The normalized spacial score (nSPS) is 26.8. The molecule has 2 heterocycles. The number of likely N-dealkylation sites (tertiary alicyclic amines) is 1. The van der Waals surface area contributed by atoms with E-state index in [0.29, 0.717) is 12.3 Å². The Morgan fingerprint density at radius 1 is 1.42 bits per heavy atom. The largest absolute Gasteiger partial charge is 0.332 e. The second kappa shape index (κ2) is 5.55. The van der Waals surface area contributed by atoms with Crippen LogP contribution in [0.4, 0.5) is 0 Å². The molecular weight excluding hydrogens is 240 g/mol. The standard InChI is InChI=1S/C14H20N4O/c19-13(9-11-5-1-2-6-11)18-8-4-3-7-12(18)14-15-10-16-17-14/h1,5,10-12H,2-4,6-9H2,(H,15,16,17)/t11-,12-/m1/s1. The summed E-state index contributed by atoms with van der Waals surface area (Å²) in [5.74, 6) is 1.53. The summed E-state index contributed by atoms with van der Waals surface area (Å²) in [5.41, 5.74) is 0. The van der Waals surface area contributed by atoms with Gasteiger partial charge in [0.15, 0.2) is 0 Å². The molecule has 0 bridgehead atoms. The molecule has 2 aliphatic rings. The van der Waals surface area contributed by atoms with Crippen LogP contribution >= 0.6 is 0 Å². The van der Waals surface area contributed by atoms with Crippen molar-refractivity contribution in [1.82, 2.24) is 20.1 Å². The first-order valence-corrected chi connectivity index (χ1v) is 7.16. The maximum atomic E-state index is 12.5. The fourth-order valence-electron chi connectivity index (χ4n) is 3.10. The van der Waals surface area contributed by atoms with E-state index in [1.807, 2.05) is 4.90 Å². The van der Waals surface area contributed by atoms with E-state index in [2.05, 4.69) is 27.3 Å². The summed E-state index contributed by atoms with van der Waals surface area (Å²) >= 11 is 0. The van der Waals surface area contributed by atoms with Gasteiger partial charge in [-0.15, -0.1) is 0 Å². The lowest BCUT2D eigenvalue weighted by Crippen LogP contribution is -2.39. The van der Waals surface area contributed by atoms with E-state index in [9.17, 15) is 4.79 Å². The molecule has 5 nitrogen and oxygen atoms in total. The average Bonchev–Trinajstić information content (AvgIpc) is 3.11. The monoisotopic (exact) mass is 260 g/mol. The van der Waals surface area contributed by atoms with Crippen LogP contribution in [0.5, 0.6) is 0 Å². The number of carbonyl (C=O) groups excluding carboxylic acids is 1. The van der Waals surface area contributed by atoms with Crippen LogP contribution in [0.3, 0.4) is 0 Å². The zero-order chi connectivity index (χ0) is 13.1. The Hall–Kier alpha value is -1.65. The number of carbonyl (C=O) groups is 1. The zero-order valence-electron chi connectivity index (χ0n) is 11.1. The number of allylic oxidation sites excluding steroid dienone is 2. The first kappa shape index (κ1) is 12.4. The molecule has 0 aromatic carbocycles. The molecule has 1 aromatic heterocycles. The minimum atomic E-state index is 0.0918. The minimum absolute atomic E-state index is 0.0918. The number of nitrogens with one attached hydrogen (secondary N) is 1. The summed E-state index contributed by atoms with van der Waals surface area (Å²) in [6.07, 6.45) is 12.0. The number of aromatic amines is 1. The zero-order valence-corrected chi connectivity index (χ0v) is 11.1. The van der Waals surface area contributed by atoms with E-state index >= 15 is 0 Å². The Labute approximate surface area is 113 Å². The highest BCUT2D eigenvalue weighted by Gasteiger charge is 2.30. The lowest BCUT2D eigenvalue weighted by Gasteiger charge is -2.35. The summed E-state index contributed by atoms with van der Waals surface area (Å²) in [4.78, 5) is 18.7. The molecule has 0 spiro atoms. The van der Waals surface area contributed by atoms with Gasteiger partial charge < -0.3 is 4.90 Å². The predicted molar refractivity (Wildman–Crippen MR) is 71.2 cm³/mol. The molecule has 0 saturated carbocycles. The quantitative estimate of drug-likeness (QED) is 0.848. The second-order valence-electron chi connectivity index (χ2n) is 5.44. The van der Waals surface area contributed by atoms with Crippen LogP contribution < -0.4 is 0 Å². The van der Waals surface area contributed by atoms with E-state index in [1.165, 1.54) is 6.33 Å². The van der Waals surface area contributed by atoms with Gasteiger partial charge >= 0.3 is 0 Å². The van der Waals surface area contributed by atoms with Crippen LogP contribution in [-0.2, 0) is 4.79 Å². The smallest absolute Gasteiger partial charge is 0.223 e. The van der Waals surface area contributed by atoms with Gasteiger partial charge in [0.1, 0.15) is 12.2 Å². The van der Waals surface area contributed by atoms with Crippen LogP contribution in [-0.4, -0.2) is 32.5 Å². The summed E-state index contributed by atoms with van der Waals surface area (Å²) in [6.45, 7) is 0.848. The van der Waals surface area contributed by atoms with Gasteiger partial charge in [0.2, 0.25) is 5.91 Å². The third kappa shape index (κ3) is 2.69. The Bertz CT molecular complexity index is 454. The predicted octanol–water partition coefficient (Wildman–Crippen LogP) is 2.21. The molecule has 0 unspecified atom stereocenters. The van der Waals surface area contributed by atoms with Crippen molar-refractivity contribution in [3.63, 3.8) is 0 Å². The van der Waals surface area contributed by atoms with Gasteiger partial charge in [-0.1, -0.05) is 12.2 Å². The third-order valence-electron chi connectivity index (χ3n) is 4.12. The number of hydrogen-bond donors (Lipinski definition) is 1. The van der Waals surface area contributed by atoms with Crippen molar-refractivity contribution in [3.05, 3.63) is 24.3 Å². The molecule has 0 radical (unpaired) electrons. The highest BCUT2D eigenvalue weighted by molar-refractivity contribution is 5.77. The fourth-order valence-corrected chi connectivity index (χ4v) is 3.10. The molecular formula is C14H20N4O. The van der Waals surface area contributed by atoms with Gasteiger partial charge in [-0.25, -0.2) is 4.98 Å². The van der Waals surface area contributed by atoms with Crippen LogP contribution in [0.25, 0.3) is 0 Å². The van der Waals surface area contributed by atoms with E-state index in [-0.39, 0.29) is 11.9 Å². The summed E-state index contributed by atoms with van der Waals surface area (Å²) in [7, 11) is 0. The molecule has 1 aromatic rings. The molecule has 1 N–H and O–H groups in total. The van der Waals surface area contributed by atoms with Gasteiger partial charge in [-0.2, -0.15) is 5.10 Å². The highest BCUT2D eigenvalue weighted by Crippen LogP contribution is 2.30. The van der Waals surface area contributed by atoms with Crippen molar-refractivity contribution in [2.24, 2.45) is 5.92 Å². The van der Waals surface area contributed by atoms with Crippen LogP contribution in [0, 0.1) is 5.92 Å². The van der Waals surface area contributed by atoms with E-state index in [4.69, 9.17) is 0 Å². The molecule has 1 aliphatic heterocycles. The van der Waals surface area contributed by atoms with Gasteiger partial charge in [-0.3, -0.25) is 9.89 Å². The number of amides is 1. The molecule has 1 amide bonds. The van der Waals surface area contributed by atoms with E-state index < -0.39 is 0 Å². The number of aromatic nitrogens is 3. The van der Waals surface area contributed by atoms with E-state index in [1.54, 1.807) is 0 Å². The van der Waals surface area contributed by atoms with Crippen molar-refractivity contribution in [2.75, 3.05) is 6.54 Å². The van der Waals surface area contributed by atoms with Crippen molar-refractivity contribution >= 4 is 5.91 Å². The molecule has 1 fully saturated rings. The van der Waals surface area contributed by atoms with Gasteiger partial charge in [0.05, 0.1) is 6.04 Å². The molecule has 1 aliphatic carbocycles. The molecule has 19 heavy (non-hydrogen) atoms. The van der Waals surface area contributed by atoms with Crippen molar-refractivity contribution in [1.29, 1.82) is 0 Å². The molecule has 102 valence electrons. The molecule has 5 heteroatoms. The minimum Gasteiger partial charge on any atom is -0.332 e. The van der Waals surface area contributed by atoms with Gasteiger partial charge in [-0.05, 0) is 38.0 Å². The maximum absolute atomic E-state index is 12.5. The summed E-state index contributed by atoms with van der Waals surface area (Å²) < 4.78 is 0. The fraction of sp³-hybridized carbons (Fsp3) is 0.643. The topological polar surface area (TPSA) is 61.9 Å². The highest BCUT2D eigenvalue weighted by atomic mass is 16.2. The number of rotatable bonds is 3. The first-order valence-electron chi connectivity index (χ1n) is 7.16. The molecule has 1 saturated heterocycles. The van der Waals surface area contributed by atoms with Gasteiger partial charge in [0, 0.05) is 13.0 Å². The maximum Gasteiger partial charge on any atom is 0.223 e. The summed E-state index contributed by atoms with van der Waals surface area (Å²) in [5, 5.41) is 6.83. The Kier molecular flexibility index (Phi) is 3.62. The third-order valence-corrected chi connectivity index (χ3v) is 4.12. The van der Waals surface area contributed by atoms with Crippen LogP contribution in [0.15, 0.2) is 18.5 Å². The Morgan fingerprint density at radius 3 is 3.11 bits per heavy atom. The van der Waals surface area contributed by atoms with Crippen LogP contribution in [0.2, 0.25) is 0 Å². The lowest BCUT2D eigenvalue weighted by molar-refractivity contribution is -0.136. The van der Waals surface area contributed by atoms with Crippen LogP contribution in [0.1, 0.15) is 50.4 Å². The lowest BCUT2D eigenvalue weighted by atomic mass is 9.98. The number of nitrogens with zero attached hydrogens (tertiary/aromatic N) is 3. The summed E-state index contributed by atoms with van der Waals surface area (Å²) in [6, 6.07) is 0.0918. The van der Waals surface area contributed by atoms with Crippen molar-refractivity contribution in [3.8, 4) is 0 Å². The van der Waals surface area contributed by atoms with Crippen molar-refractivity contribution < 1.29 is 4.79 Å². The molecule has 2 atom stereocenters. The SMILES string of the molecule is O=C(C[C@@H]1C=CCC1)N1CCCC[C@@H]1c1ncn[nH]1. The number of H-pyrrole nitrogens is 1. The Balaban J connectivity index is 1.69. The van der Waals surface area contributed by atoms with Gasteiger partial charge in [0.25, 0.3) is 0 Å². The average molecular weight is 260 g/mol. The number of piperidine rings is 1. The van der Waals surface area contributed by atoms with Crippen molar-refractivity contribution in [2.45, 2.75) is 44.6 Å². The second-order valence-corrected chi connectivity index (χ2v) is 5.44. The molecule has 3 rings (SSSR count). The first-order chi connectivity index (χ1) is 9.34.